The Kier molecular flexibility index (Phi) is 5.06. The maximum atomic E-state index is 13.3. The Hall–Kier alpha value is -2.47. The minimum absolute atomic E-state index is 0.372. The summed E-state index contributed by atoms with van der Waals surface area (Å²) in [4.78, 5) is 22.6. The number of halogens is 2. The number of amides is 1. The fraction of sp³-hybridized carbons (Fsp3) is 0. The Labute approximate surface area is 134 Å². The molecule has 0 aliphatic rings. The molecule has 0 unspecified atom stereocenters. The zero-order valence-corrected chi connectivity index (χ0v) is 12.8. The first-order chi connectivity index (χ1) is 10.5. The lowest BCUT2D eigenvalue weighted by atomic mass is 10.1. The standard InChI is InChI=1S/C16H11BrFNO3/c17-11-3-5-12(6-4-11)19-15(20)8-2-10-1-7-14(18)13(9-10)16(21)22/h1-9H,(H,19,20)(H,21,22). The monoisotopic (exact) mass is 363 g/mol. The van der Waals surface area contributed by atoms with Gasteiger partial charge in [-0.2, -0.15) is 0 Å². The molecule has 2 aromatic carbocycles. The SMILES string of the molecule is O=C(C=Cc1ccc(F)c(C(=O)O)c1)Nc1ccc(Br)cc1. The molecule has 4 nitrogen and oxygen atoms in total. The molecule has 0 atom stereocenters. The van der Waals surface area contributed by atoms with Crippen molar-refractivity contribution in [3.05, 3.63) is 70.0 Å². The van der Waals surface area contributed by atoms with Crippen molar-refractivity contribution in [3.8, 4) is 0 Å². The summed E-state index contributed by atoms with van der Waals surface area (Å²) in [5.41, 5.74) is 0.614. The highest BCUT2D eigenvalue weighted by Gasteiger charge is 2.09. The van der Waals surface area contributed by atoms with Crippen LogP contribution in [0.5, 0.6) is 0 Å². The summed E-state index contributed by atoms with van der Waals surface area (Å²) in [6.07, 6.45) is 2.67. The van der Waals surface area contributed by atoms with Gasteiger partial charge in [0, 0.05) is 16.2 Å². The first kappa shape index (κ1) is 15.9. The summed E-state index contributed by atoms with van der Waals surface area (Å²) in [5, 5.41) is 11.5. The molecule has 0 saturated heterocycles. The number of carboxylic acids is 1. The van der Waals surface area contributed by atoms with E-state index in [4.69, 9.17) is 5.11 Å². The second-order valence-electron chi connectivity index (χ2n) is 4.37. The molecule has 0 bridgehead atoms. The molecular formula is C16H11BrFNO3. The Morgan fingerprint density at radius 2 is 1.82 bits per heavy atom. The lowest BCUT2D eigenvalue weighted by Gasteiger charge is -2.02. The summed E-state index contributed by atoms with van der Waals surface area (Å²) < 4.78 is 14.1. The Morgan fingerprint density at radius 3 is 2.45 bits per heavy atom. The van der Waals surface area contributed by atoms with Crippen LogP contribution in [0.3, 0.4) is 0 Å². The van der Waals surface area contributed by atoms with Crippen LogP contribution in [0.4, 0.5) is 10.1 Å². The van der Waals surface area contributed by atoms with E-state index in [1.54, 1.807) is 24.3 Å². The number of carbonyl (C=O) groups is 2. The second-order valence-corrected chi connectivity index (χ2v) is 5.29. The molecule has 0 spiro atoms. The van der Waals surface area contributed by atoms with E-state index in [0.29, 0.717) is 11.3 Å². The zero-order chi connectivity index (χ0) is 16.1. The molecule has 6 heteroatoms. The molecule has 22 heavy (non-hydrogen) atoms. The third kappa shape index (κ3) is 4.26. The average Bonchev–Trinajstić information content (AvgIpc) is 2.48. The van der Waals surface area contributed by atoms with Crippen LogP contribution in [0.25, 0.3) is 6.08 Å². The number of rotatable bonds is 4. The predicted octanol–water partition coefficient (Wildman–Crippen LogP) is 3.94. The van der Waals surface area contributed by atoms with Crippen LogP contribution >= 0.6 is 15.9 Å². The number of carboxylic acid groups (broad SMARTS) is 1. The van der Waals surface area contributed by atoms with Gasteiger partial charge in [-0.25, -0.2) is 9.18 Å². The van der Waals surface area contributed by atoms with Crippen LogP contribution in [0.2, 0.25) is 0 Å². The third-order valence-electron chi connectivity index (χ3n) is 2.76. The summed E-state index contributed by atoms with van der Waals surface area (Å²) in [7, 11) is 0. The first-order valence-corrected chi connectivity index (χ1v) is 7.02. The Balaban J connectivity index is 2.08. The van der Waals surface area contributed by atoms with E-state index in [1.807, 2.05) is 0 Å². The highest BCUT2D eigenvalue weighted by molar-refractivity contribution is 9.10. The van der Waals surface area contributed by atoms with Gasteiger partial charge in [0.2, 0.25) is 5.91 Å². The van der Waals surface area contributed by atoms with Gasteiger partial charge in [0.15, 0.2) is 0 Å². The Bertz CT molecular complexity index is 742. The van der Waals surface area contributed by atoms with Crippen LogP contribution in [0.1, 0.15) is 15.9 Å². The van der Waals surface area contributed by atoms with E-state index in [9.17, 15) is 14.0 Å². The number of benzene rings is 2. The Morgan fingerprint density at radius 1 is 1.14 bits per heavy atom. The topological polar surface area (TPSA) is 66.4 Å². The van der Waals surface area contributed by atoms with Gasteiger partial charge in [0.05, 0.1) is 5.56 Å². The van der Waals surface area contributed by atoms with Crippen molar-refractivity contribution in [3.63, 3.8) is 0 Å². The van der Waals surface area contributed by atoms with Gasteiger partial charge in [0.1, 0.15) is 5.82 Å². The molecule has 2 N–H and O–H groups in total. The summed E-state index contributed by atoms with van der Waals surface area (Å²) in [5.74, 6) is -2.54. The average molecular weight is 364 g/mol. The molecule has 2 rings (SSSR count). The van der Waals surface area contributed by atoms with Crippen LogP contribution in [0.15, 0.2) is 53.0 Å². The normalized spacial score (nSPS) is 10.6. The largest absolute Gasteiger partial charge is 0.478 e. The van der Waals surface area contributed by atoms with Gasteiger partial charge in [-0.3, -0.25) is 4.79 Å². The van der Waals surface area contributed by atoms with E-state index in [2.05, 4.69) is 21.2 Å². The molecule has 2 aromatic rings. The van der Waals surface area contributed by atoms with E-state index in [-0.39, 0.29) is 5.91 Å². The van der Waals surface area contributed by atoms with Crippen molar-refractivity contribution in [1.82, 2.24) is 0 Å². The smallest absolute Gasteiger partial charge is 0.338 e. The lowest BCUT2D eigenvalue weighted by molar-refractivity contribution is -0.111. The molecule has 0 aliphatic carbocycles. The molecule has 112 valence electrons. The van der Waals surface area contributed by atoms with Crippen molar-refractivity contribution in [1.29, 1.82) is 0 Å². The number of carbonyl (C=O) groups excluding carboxylic acids is 1. The summed E-state index contributed by atoms with van der Waals surface area (Å²) in [6, 6.07) is 10.7. The van der Waals surface area contributed by atoms with E-state index >= 15 is 0 Å². The lowest BCUT2D eigenvalue weighted by Crippen LogP contribution is -2.07. The molecule has 0 radical (unpaired) electrons. The number of aromatic carboxylic acids is 1. The highest BCUT2D eigenvalue weighted by atomic mass is 79.9. The van der Waals surface area contributed by atoms with E-state index in [1.165, 1.54) is 24.3 Å². The molecule has 1 amide bonds. The number of nitrogens with one attached hydrogen (secondary N) is 1. The maximum Gasteiger partial charge on any atom is 0.338 e. The van der Waals surface area contributed by atoms with Crippen molar-refractivity contribution in [2.45, 2.75) is 0 Å². The van der Waals surface area contributed by atoms with Gasteiger partial charge in [-0.15, -0.1) is 0 Å². The van der Waals surface area contributed by atoms with E-state index < -0.39 is 17.3 Å². The molecular weight excluding hydrogens is 353 g/mol. The molecule has 0 aromatic heterocycles. The minimum Gasteiger partial charge on any atom is -0.478 e. The summed E-state index contributed by atoms with van der Waals surface area (Å²) >= 11 is 3.29. The molecule has 0 aliphatic heterocycles. The number of hydrogen-bond acceptors (Lipinski definition) is 2. The highest BCUT2D eigenvalue weighted by Crippen LogP contribution is 2.15. The predicted molar refractivity (Wildman–Crippen MR) is 85.2 cm³/mol. The van der Waals surface area contributed by atoms with Gasteiger partial charge in [-0.1, -0.05) is 22.0 Å². The third-order valence-corrected chi connectivity index (χ3v) is 3.29. The number of anilines is 1. The van der Waals surface area contributed by atoms with Gasteiger partial charge in [-0.05, 0) is 48.0 Å². The fourth-order valence-electron chi connectivity index (χ4n) is 1.70. The van der Waals surface area contributed by atoms with Crippen LogP contribution in [-0.2, 0) is 4.79 Å². The molecule has 0 saturated carbocycles. The van der Waals surface area contributed by atoms with Gasteiger partial charge >= 0.3 is 5.97 Å². The van der Waals surface area contributed by atoms with Crippen molar-refractivity contribution in [2.24, 2.45) is 0 Å². The summed E-state index contributed by atoms with van der Waals surface area (Å²) in [6.45, 7) is 0. The van der Waals surface area contributed by atoms with Crippen LogP contribution < -0.4 is 5.32 Å². The van der Waals surface area contributed by atoms with Gasteiger partial charge < -0.3 is 10.4 Å². The second kappa shape index (κ2) is 7.00. The maximum absolute atomic E-state index is 13.3. The minimum atomic E-state index is -1.35. The van der Waals surface area contributed by atoms with Gasteiger partial charge in [0.25, 0.3) is 0 Å². The van der Waals surface area contributed by atoms with Crippen molar-refractivity contribution < 1.29 is 19.1 Å². The van der Waals surface area contributed by atoms with E-state index in [0.717, 1.165) is 10.5 Å². The van der Waals surface area contributed by atoms with Crippen molar-refractivity contribution in [2.75, 3.05) is 5.32 Å². The molecule has 0 fully saturated rings. The first-order valence-electron chi connectivity index (χ1n) is 6.23. The molecule has 0 heterocycles. The number of hydrogen-bond donors (Lipinski definition) is 2. The van der Waals surface area contributed by atoms with Crippen LogP contribution in [0, 0.1) is 5.82 Å². The fourth-order valence-corrected chi connectivity index (χ4v) is 1.96. The van der Waals surface area contributed by atoms with Crippen LogP contribution in [-0.4, -0.2) is 17.0 Å². The zero-order valence-electron chi connectivity index (χ0n) is 11.2. The van der Waals surface area contributed by atoms with Crippen molar-refractivity contribution >= 4 is 39.6 Å². The quantitative estimate of drug-likeness (QED) is 0.808.